The van der Waals surface area contributed by atoms with Crippen LogP contribution in [-0.4, -0.2) is 34.2 Å². The van der Waals surface area contributed by atoms with Gasteiger partial charge in [-0.25, -0.2) is 8.42 Å². The maximum Gasteiger partial charge on any atom is 0.241 e. The molecule has 0 unspecified atom stereocenters. The Balaban J connectivity index is 2.23. The molecule has 0 aliphatic heterocycles. The van der Waals surface area contributed by atoms with Crippen molar-refractivity contribution in [2.75, 3.05) is 24.2 Å². The van der Waals surface area contributed by atoms with E-state index in [9.17, 15) is 13.2 Å². The lowest BCUT2D eigenvalue weighted by atomic mass is 9.97. The third kappa shape index (κ3) is 5.48. The van der Waals surface area contributed by atoms with Crippen LogP contribution in [0.15, 0.2) is 42.5 Å². The van der Waals surface area contributed by atoms with Gasteiger partial charge in [0.25, 0.3) is 0 Å². The Bertz CT molecular complexity index is 941. The van der Waals surface area contributed by atoms with Crippen LogP contribution >= 0.6 is 0 Å². The Morgan fingerprint density at radius 1 is 1.18 bits per heavy atom. The van der Waals surface area contributed by atoms with Crippen molar-refractivity contribution in [3.63, 3.8) is 0 Å². The van der Waals surface area contributed by atoms with E-state index >= 15 is 0 Å². The lowest BCUT2D eigenvalue weighted by molar-refractivity contribution is -0.120. The first-order valence-corrected chi connectivity index (χ1v) is 11.0. The van der Waals surface area contributed by atoms with Crippen molar-refractivity contribution < 1.29 is 17.9 Å². The van der Waals surface area contributed by atoms with E-state index in [2.05, 4.69) is 11.4 Å². The summed E-state index contributed by atoms with van der Waals surface area (Å²) in [6.45, 7) is 5.72. The Morgan fingerprint density at radius 3 is 2.46 bits per heavy atom. The third-order valence-electron chi connectivity index (χ3n) is 4.57. The van der Waals surface area contributed by atoms with Gasteiger partial charge in [-0.05, 0) is 43.5 Å². The van der Waals surface area contributed by atoms with Gasteiger partial charge in [0, 0.05) is 6.07 Å². The molecule has 1 atom stereocenters. The maximum atomic E-state index is 12.7. The van der Waals surface area contributed by atoms with Gasteiger partial charge in [-0.3, -0.25) is 9.10 Å². The number of sulfonamides is 1. The molecule has 0 fully saturated rings. The molecule has 6 nitrogen and oxygen atoms in total. The van der Waals surface area contributed by atoms with Crippen LogP contribution in [0.3, 0.4) is 0 Å². The zero-order valence-electron chi connectivity index (χ0n) is 17.0. The molecule has 0 radical (unpaired) electrons. The van der Waals surface area contributed by atoms with Crippen LogP contribution in [-0.2, 0) is 14.8 Å². The number of methoxy groups -OCH3 is 1. The molecule has 152 valence electrons. The van der Waals surface area contributed by atoms with Crippen LogP contribution in [0.25, 0.3) is 0 Å². The van der Waals surface area contributed by atoms with Crippen LogP contribution in [0.2, 0.25) is 0 Å². The van der Waals surface area contributed by atoms with Crippen molar-refractivity contribution >= 4 is 21.6 Å². The van der Waals surface area contributed by atoms with E-state index < -0.39 is 10.0 Å². The molecule has 0 aromatic heterocycles. The van der Waals surface area contributed by atoms with Crippen LogP contribution < -0.4 is 14.4 Å². The van der Waals surface area contributed by atoms with Gasteiger partial charge in [-0.2, -0.15) is 0 Å². The van der Waals surface area contributed by atoms with Gasteiger partial charge in [-0.1, -0.05) is 36.8 Å². The van der Waals surface area contributed by atoms with Gasteiger partial charge in [0.2, 0.25) is 15.9 Å². The number of carbonyl (C=O) groups is 1. The van der Waals surface area contributed by atoms with Crippen molar-refractivity contribution in [3.8, 4) is 5.75 Å². The number of anilines is 1. The summed E-state index contributed by atoms with van der Waals surface area (Å²) >= 11 is 0. The zero-order valence-corrected chi connectivity index (χ0v) is 17.8. The largest absolute Gasteiger partial charge is 0.497 e. The summed E-state index contributed by atoms with van der Waals surface area (Å²) in [5.41, 5.74) is 3.67. The lowest BCUT2D eigenvalue weighted by Crippen LogP contribution is -2.41. The molecule has 28 heavy (non-hydrogen) atoms. The molecule has 1 N–H and O–H groups in total. The summed E-state index contributed by atoms with van der Waals surface area (Å²) in [6.07, 6.45) is 1.79. The molecule has 7 heteroatoms. The highest BCUT2D eigenvalue weighted by atomic mass is 32.2. The molecule has 2 aromatic carbocycles. The number of carbonyl (C=O) groups excluding carboxylic acids is 1. The number of benzene rings is 2. The van der Waals surface area contributed by atoms with E-state index in [1.165, 1.54) is 7.11 Å². The van der Waals surface area contributed by atoms with Crippen molar-refractivity contribution in [2.24, 2.45) is 0 Å². The molecule has 0 bridgehead atoms. The van der Waals surface area contributed by atoms with E-state index in [0.717, 1.165) is 27.3 Å². The average Bonchev–Trinajstić information content (AvgIpc) is 2.63. The Kier molecular flexibility index (Phi) is 7.07. The Hall–Kier alpha value is -2.54. The minimum Gasteiger partial charge on any atom is -0.497 e. The lowest BCUT2D eigenvalue weighted by Gasteiger charge is -2.25. The summed E-state index contributed by atoms with van der Waals surface area (Å²) in [5.74, 6) is 0.161. The molecule has 0 spiro atoms. The fourth-order valence-corrected chi connectivity index (χ4v) is 4.00. The second kappa shape index (κ2) is 9.10. The summed E-state index contributed by atoms with van der Waals surface area (Å²) < 4.78 is 30.8. The predicted octanol–water partition coefficient (Wildman–Crippen LogP) is 3.35. The molecule has 2 rings (SSSR count). The first-order chi connectivity index (χ1) is 13.2. The first kappa shape index (κ1) is 21.8. The van der Waals surface area contributed by atoms with E-state index in [1.54, 1.807) is 24.3 Å². The normalized spacial score (nSPS) is 12.3. The zero-order chi connectivity index (χ0) is 20.9. The third-order valence-corrected chi connectivity index (χ3v) is 5.71. The van der Waals surface area contributed by atoms with E-state index in [4.69, 9.17) is 4.74 Å². The SMILES string of the molecule is CC[C@@H](NC(=O)CN(c1cccc(OC)c1)S(C)(=O)=O)c1ccc(C)cc1C. The molecular formula is C21H28N2O4S. The van der Waals surface area contributed by atoms with Crippen molar-refractivity contribution in [2.45, 2.75) is 33.2 Å². The van der Waals surface area contributed by atoms with Gasteiger partial charge < -0.3 is 10.1 Å². The second-order valence-electron chi connectivity index (χ2n) is 6.86. The maximum absolute atomic E-state index is 12.7. The number of aryl methyl sites for hydroxylation is 2. The fraction of sp³-hybridized carbons (Fsp3) is 0.381. The number of hydrogen-bond donors (Lipinski definition) is 1. The van der Waals surface area contributed by atoms with Gasteiger partial charge >= 0.3 is 0 Å². The number of amides is 1. The highest BCUT2D eigenvalue weighted by Gasteiger charge is 2.23. The van der Waals surface area contributed by atoms with Gasteiger partial charge in [0.1, 0.15) is 12.3 Å². The molecule has 0 aliphatic carbocycles. The first-order valence-electron chi connectivity index (χ1n) is 9.14. The number of rotatable bonds is 8. The highest BCUT2D eigenvalue weighted by molar-refractivity contribution is 7.92. The molecule has 2 aromatic rings. The Morgan fingerprint density at radius 2 is 1.89 bits per heavy atom. The highest BCUT2D eigenvalue weighted by Crippen LogP contribution is 2.24. The van der Waals surface area contributed by atoms with Crippen LogP contribution in [0, 0.1) is 13.8 Å². The van der Waals surface area contributed by atoms with Crippen LogP contribution in [0.1, 0.15) is 36.1 Å². The quantitative estimate of drug-likeness (QED) is 0.732. The molecule has 0 saturated carbocycles. The smallest absolute Gasteiger partial charge is 0.241 e. The minimum atomic E-state index is -3.64. The molecule has 1 amide bonds. The monoisotopic (exact) mass is 404 g/mol. The summed E-state index contributed by atoms with van der Waals surface area (Å²) in [4.78, 5) is 12.7. The predicted molar refractivity (Wildman–Crippen MR) is 112 cm³/mol. The molecule has 0 aliphatic rings. The van der Waals surface area contributed by atoms with Gasteiger partial charge in [-0.15, -0.1) is 0 Å². The molecule has 0 heterocycles. The number of ether oxygens (including phenoxy) is 1. The summed E-state index contributed by atoms with van der Waals surface area (Å²) in [7, 11) is -2.14. The van der Waals surface area contributed by atoms with Gasteiger partial charge in [0.05, 0.1) is 25.1 Å². The fourth-order valence-electron chi connectivity index (χ4n) is 3.15. The van der Waals surface area contributed by atoms with Crippen molar-refractivity contribution in [1.29, 1.82) is 0 Å². The van der Waals surface area contributed by atoms with E-state index in [1.807, 2.05) is 32.9 Å². The van der Waals surface area contributed by atoms with Crippen LogP contribution in [0.5, 0.6) is 5.75 Å². The summed E-state index contributed by atoms with van der Waals surface area (Å²) in [6, 6.07) is 12.6. The van der Waals surface area contributed by atoms with E-state index in [0.29, 0.717) is 17.9 Å². The number of hydrogen-bond acceptors (Lipinski definition) is 4. The minimum absolute atomic E-state index is 0.181. The standard InChI is InChI=1S/C21H28N2O4S/c1-6-20(19-11-10-15(2)12-16(19)3)22-21(24)14-23(28(5,25)26)17-8-7-9-18(13-17)27-4/h7-13,20H,6,14H2,1-5H3,(H,22,24)/t20-/m1/s1. The molecular weight excluding hydrogens is 376 g/mol. The topological polar surface area (TPSA) is 75.7 Å². The number of nitrogens with zero attached hydrogens (tertiary/aromatic N) is 1. The average molecular weight is 405 g/mol. The molecule has 0 saturated heterocycles. The van der Waals surface area contributed by atoms with Crippen molar-refractivity contribution in [3.05, 3.63) is 59.2 Å². The van der Waals surface area contributed by atoms with E-state index in [-0.39, 0.29) is 18.5 Å². The summed E-state index contributed by atoms with van der Waals surface area (Å²) in [5, 5.41) is 2.97. The van der Waals surface area contributed by atoms with Gasteiger partial charge in [0.15, 0.2) is 0 Å². The second-order valence-corrected chi connectivity index (χ2v) is 8.77. The number of nitrogens with one attached hydrogen (secondary N) is 1. The van der Waals surface area contributed by atoms with Crippen LogP contribution in [0.4, 0.5) is 5.69 Å². The Labute approximate surface area is 167 Å². The van der Waals surface area contributed by atoms with Crippen molar-refractivity contribution in [1.82, 2.24) is 5.32 Å².